The SMILES string of the molecule is CCOC(=O)C=C(C)NCC(C(F)(F)F)C(F)(F)F. The van der Waals surface area contributed by atoms with Gasteiger partial charge in [-0.05, 0) is 13.8 Å². The maximum absolute atomic E-state index is 12.2. The summed E-state index contributed by atoms with van der Waals surface area (Å²) in [6.07, 6.45) is -10.0. The minimum Gasteiger partial charge on any atom is -0.463 e. The molecule has 0 fully saturated rings. The minimum atomic E-state index is -5.41. The molecule has 0 spiro atoms. The number of halogens is 6. The molecule has 0 aliphatic heterocycles. The van der Waals surface area contributed by atoms with Crippen LogP contribution >= 0.6 is 0 Å². The van der Waals surface area contributed by atoms with Crippen LogP contribution in [-0.2, 0) is 9.53 Å². The molecule has 0 saturated heterocycles. The largest absolute Gasteiger partial charge is 0.463 e. The quantitative estimate of drug-likeness (QED) is 0.481. The first kappa shape index (κ1) is 17.6. The molecule has 0 unspecified atom stereocenters. The molecule has 3 nitrogen and oxygen atoms in total. The number of carbonyl (C=O) groups excluding carboxylic acids is 1. The lowest BCUT2D eigenvalue weighted by atomic mass is 10.1. The van der Waals surface area contributed by atoms with Crippen molar-refractivity contribution in [2.24, 2.45) is 5.92 Å². The number of allylic oxidation sites excluding steroid dienone is 1. The average Bonchev–Trinajstić information content (AvgIpc) is 2.12. The van der Waals surface area contributed by atoms with Gasteiger partial charge in [-0.1, -0.05) is 0 Å². The molecule has 0 aromatic rings. The van der Waals surface area contributed by atoms with E-state index >= 15 is 0 Å². The second kappa shape index (κ2) is 6.67. The molecule has 0 saturated carbocycles. The Labute approximate surface area is 105 Å². The highest BCUT2D eigenvalue weighted by Gasteiger charge is 2.56. The summed E-state index contributed by atoms with van der Waals surface area (Å²) in [5, 5.41) is 1.91. The van der Waals surface area contributed by atoms with Crippen LogP contribution in [0.4, 0.5) is 26.3 Å². The number of hydrogen-bond donors (Lipinski definition) is 1. The molecule has 0 atom stereocenters. The molecule has 19 heavy (non-hydrogen) atoms. The summed E-state index contributed by atoms with van der Waals surface area (Å²) in [5.74, 6) is -4.34. The Kier molecular flexibility index (Phi) is 6.17. The molecule has 0 rings (SSSR count). The van der Waals surface area contributed by atoms with Gasteiger partial charge in [-0.3, -0.25) is 0 Å². The third kappa shape index (κ3) is 6.92. The molecule has 1 N–H and O–H groups in total. The first-order chi connectivity index (χ1) is 8.48. The zero-order valence-electron chi connectivity index (χ0n) is 10.2. The van der Waals surface area contributed by atoms with Crippen LogP contribution in [0.15, 0.2) is 11.8 Å². The summed E-state index contributed by atoms with van der Waals surface area (Å²) in [7, 11) is 0. The molecule has 0 bridgehead atoms. The summed E-state index contributed by atoms with van der Waals surface area (Å²) < 4.78 is 77.5. The van der Waals surface area contributed by atoms with Gasteiger partial charge in [0, 0.05) is 18.3 Å². The average molecular weight is 293 g/mol. The van der Waals surface area contributed by atoms with Gasteiger partial charge < -0.3 is 10.1 Å². The van der Waals surface area contributed by atoms with Gasteiger partial charge in [0.15, 0.2) is 5.92 Å². The zero-order chi connectivity index (χ0) is 15.3. The monoisotopic (exact) mass is 293 g/mol. The first-order valence-corrected chi connectivity index (χ1v) is 5.20. The lowest BCUT2D eigenvalue weighted by molar-refractivity contribution is -0.281. The number of esters is 1. The van der Waals surface area contributed by atoms with Crippen LogP contribution in [0.25, 0.3) is 0 Å². The Morgan fingerprint density at radius 1 is 1.21 bits per heavy atom. The van der Waals surface area contributed by atoms with E-state index in [0.717, 1.165) is 6.08 Å². The molecule has 112 valence electrons. The van der Waals surface area contributed by atoms with Crippen LogP contribution < -0.4 is 5.32 Å². The van der Waals surface area contributed by atoms with Crippen LogP contribution in [0.5, 0.6) is 0 Å². The Morgan fingerprint density at radius 3 is 2.05 bits per heavy atom. The standard InChI is InChI=1S/C10H13F6NO2/c1-3-19-8(18)4-6(2)17-5-7(9(11,12)13)10(14,15)16/h4,7,17H,3,5H2,1-2H3. The van der Waals surface area contributed by atoms with Crippen molar-refractivity contribution in [3.63, 3.8) is 0 Å². The van der Waals surface area contributed by atoms with Crippen LogP contribution in [-0.4, -0.2) is 31.5 Å². The highest BCUT2D eigenvalue weighted by atomic mass is 19.4. The Hall–Kier alpha value is -1.41. The van der Waals surface area contributed by atoms with Crippen LogP contribution in [0.3, 0.4) is 0 Å². The summed E-state index contributed by atoms with van der Waals surface area (Å²) >= 11 is 0. The third-order valence-electron chi connectivity index (χ3n) is 2.00. The van der Waals surface area contributed by atoms with Gasteiger partial charge in [0.05, 0.1) is 6.61 Å². The van der Waals surface area contributed by atoms with Crippen molar-refractivity contribution in [1.82, 2.24) is 5.32 Å². The summed E-state index contributed by atoms with van der Waals surface area (Å²) in [6, 6.07) is 0. The number of nitrogens with one attached hydrogen (secondary N) is 1. The van der Waals surface area contributed by atoms with Crippen molar-refractivity contribution in [3.8, 4) is 0 Å². The van der Waals surface area contributed by atoms with Gasteiger partial charge >= 0.3 is 18.3 Å². The fourth-order valence-corrected chi connectivity index (χ4v) is 1.09. The predicted molar refractivity (Wildman–Crippen MR) is 54.0 cm³/mol. The number of alkyl halides is 6. The lowest BCUT2D eigenvalue weighted by Crippen LogP contribution is -2.43. The van der Waals surface area contributed by atoms with Crippen LogP contribution in [0, 0.1) is 5.92 Å². The maximum Gasteiger partial charge on any atom is 0.402 e. The molecule has 0 aromatic heterocycles. The van der Waals surface area contributed by atoms with E-state index in [2.05, 4.69) is 4.74 Å². The van der Waals surface area contributed by atoms with E-state index in [1.54, 1.807) is 0 Å². The second-order valence-corrected chi connectivity index (χ2v) is 3.60. The Bertz CT molecular complexity index is 320. The van der Waals surface area contributed by atoms with Gasteiger partial charge in [0.25, 0.3) is 0 Å². The highest BCUT2D eigenvalue weighted by Crippen LogP contribution is 2.38. The van der Waals surface area contributed by atoms with E-state index < -0.39 is 30.8 Å². The van der Waals surface area contributed by atoms with Gasteiger partial charge in [0.2, 0.25) is 0 Å². The number of ether oxygens (including phenoxy) is 1. The summed E-state index contributed by atoms with van der Waals surface area (Å²) in [6.45, 7) is 1.34. The van der Waals surface area contributed by atoms with Gasteiger partial charge in [-0.2, -0.15) is 26.3 Å². The van der Waals surface area contributed by atoms with Crippen molar-refractivity contribution in [2.75, 3.05) is 13.2 Å². The molecule has 0 radical (unpaired) electrons. The smallest absolute Gasteiger partial charge is 0.402 e. The summed E-state index contributed by atoms with van der Waals surface area (Å²) in [4.78, 5) is 10.9. The van der Waals surface area contributed by atoms with E-state index in [0.29, 0.717) is 0 Å². The fraction of sp³-hybridized carbons (Fsp3) is 0.700. The molecule has 0 aliphatic rings. The molecule has 9 heteroatoms. The van der Waals surface area contributed by atoms with Crippen molar-refractivity contribution in [2.45, 2.75) is 26.2 Å². The van der Waals surface area contributed by atoms with Gasteiger partial charge in [-0.15, -0.1) is 0 Å². The van der Waals surface area contributed by atoms with E-state index in [4.69, 9.17) is 0 Å². The van der Waals surface area contributed by atoms with Crippen LogP contribution in [0.1, 0.15) is 13.8 Å². The Morgan fingerprint density at radius 2 is 1.68 bits per heavy atom. The van der Waals surface area contributed by atoms with Gasteiger partial charge in [-0.25, -0.2) is 4.79 Å². The highest BCUT2D eigenvalue weighted by molar-refractivity contribution is 5.82. The topological polar surface area (TPSA) is 38.3 Å². The molecule has 0 aromatic carbocycles. The maximum atomic E-state index is 12.2. The van der Waals surface area contributed by atoms with Crippen LogP contribution in [0.2, 0.25) is 0 Å². The van der Waals surface area contributed by atoms with E-state index in [9.17, 15) is 31.1 Å². The number of rotatable bonds is 5. The normalized spacial score (nSPS) is 13.6. The van der Waals surface area contributed by atoms with Crippen molar-refractivity contribution in [1.29, 1.82) is 0 Å². The van der Waals surface area contributed by atoms with Crippen molar-refractivity contribution >= 4 is 5.97 Å². The summed E-state index contributed by atoms with van der Waals surface area (Å²) in [5.41, 5.74) is -0.142. The first-order valence-electron chi connectivity index (χ1n) is 5.20. The minimum absolute atomic E-state index is 0.0519. The third-order valence-corrected chi connectivity index (χ3v) is 2.00. The number of carbonyl (C=O) groups is 1. The van der Waals surface area contributed by atoms with Crippen molar-refractivity contribution in [3.05, 3.63) is 11.8 Å². The van der Waals surface area contributed by atoms with Gasteiger partial charge in [0.1, 0.15) is 0 Å². The molecular formula is C10H13F6NO2. The number of hydrogen-bond acceptors (Lipinski definition) is 3. The fourth-order valence-electron chi connectivity index (χ4n) is 1.09. The van der Waals surface area contributed by atoms with E-state index in [1.165, 1.54) is 13.8 Å². The van der Waals surface area contributed by atoms with E-state index in [-0.39, 0.29) is 12.3 Å². The van der Waals surface area contributed by atoms with Crippen molar-refractivity contribution < 1.29 is 35.9 Å². The predicted octanol–water partition coefficient (Wildman–Crippen LogP) is 2.78. The molecule has 0 aliphatic carbocycles. The second-order valence-electron chi connectivity index (χ2n) is 3.60. The molecule has 0 heterocycles. The molecule has 0 amide bonds. The molecular weight excluding hydrogens is 280 g/mol. The van der Waals surface area contributed by atoms with E-state index in [1.807, 2.05) is 5.32 Å². The Balaban J connectivity index is 4.62. The zero-order valence-corrected chi connectivity index (χ0v) is 10.2. The lowest BCUT2D eigenvalue weighted by Gasteiger charge is -2.23.